The van der Waals surface area contributed by atoms with Crippen LogP contribution in [-0.4, -0.2) is 36.8 Å². The van der Waals surface area contributed by atoms with Gasteiger partial charge < -0.3 is 14.2 Å². The van der Waals surface area contributed by atoms with E-state index in [-0.39, 0.29) is 25.2 Å². The van der Waals surface area contributed by atoms with Gasteiger partial charge in [0.2, 0.25) is 0 Å². The molecule has 0 bridgehead atoms. The lowest BCUT2D eigenvalue weighted by atomic mass is 10.1. The summed E-state index contributed by atoms with van der Waals surface area (Å²) in [5, 5.41) is 2.61. The summed E-state index contributed by atoms with van der Waals surface area (Å²) >= 11 is 0. The molecular formula is C19H25NO6. The number of anilines is 1. The van der Waals surface area contributed by atoms with E-state index in [0.717, 1.165) is 0 Å². The lowest BCUT2D eigenvalue weighted by Crippen LogP contribution is -2.27. The van der Waals surface area contributed by atoms with Gasteiger partial charge in [0.1, 0.15) is 18.8 Å². The number of esters is 2. The predicted octanol–water partition coefficient (Wildman–Crippen LogP) is 3.24. The molecule has 0 atom stereocenters. The molecule has 0 fully saturated rings. The third-order valence-corrected chi connectivity index (χ3v) is 2.85. The smallest absolute Gasteiger partial charge is 0.412 e. The number of hydrogen-bond donors (Lipinski definition) is 1. The van der Waals surface area contributed by atoms with Crippen molar-refractivity contribution in [3.8, 4) is 0 Å². The minimum atomic E-state index is -0.598. The number of hydrogen-bond acceptors (Lipinski definition) is 6. The number of nitrogens with one attached hydrogen (secondary N) is 1. The molecule has 1 rings (SSSR count). The van der Waals surface area contributed by atoms with Crippen LogP contribution in [0.15, 0.2) is 36.4 Å². The molecule has 1 amide bonds. The zero-order valence-electron chi connectivity index (χ0n) is 15.6. The van der Waals surface area contributed by atoms with Crippen molar-refractivity contribution in [2.24, 2.45) is 0 Å². The molecule has 0 aliphatic heterocycles. The number of rotatable bonds is 7. The van der Waals surface area contributed by atoms with Crippen molar-refractivity contribution in [3.05, 3.63) is 42.0 Å². The average Bonchev–Trinajstić information content (AvgIpc) is 2.49. The van der Waals surface area contributed by atoms with Gasteiger partial charge in [-0.1, -0.05) is 18.7 Å². The highest BCUT2D eigenvalue weighted by Crippen LogP contribution is 2.14. The van der Waals surface area contributed by atoms with E-state index in [2.05, 4.69) is 11.9 Å². The second-order valence-corrected chi connectivity index (χ2v) is 6.64. The molecule has 0 aliphatic rings. The SMILES string of the molecule is C=C(C)C(=O)OCCOC(=O)Cc1cccc(NC(=O)OC(C)(C)C)c1. The van der Waals surface area contributed by atoms with Gasteiger partial charge in [0.25, 0.3) is 0 Å². The van der Waals surface area contributed by atoms with Crippen LogP contribution in [0.5, 0.6) is 0 Å². The molecule has 0 saturated heterocycles. The highest BCUT2D eigenvalue weighted by atomic mass is 16.6. The van der Waals surface area contributed by atoms with Crippen LogP contribution in [0.1, 0.15) is 33.3 Å². The van der Waals surface area contributed by atoms with Crippen molar-refractivity contribution in [3.63, 3.8) is 0 Å². The maximum absolute atomic E-state index is 11.8. The minimum absolute atomic E-state index is 0.0261. The fourth-order valence-electron chi connectivity index (χ4n) is 1.81. The van der Waals surface area contributed by atoms with Crippen LogP contribution in [0.2, 0.25) is 0 Å². The maximum Gasteiger partial charge on any atom is 0.412 e. The minimum Gasteiger partial charge on any atom is -0.462 e. The number of carbonyl (C=O) groups excluding carboxylic acids is 3. The van der Waals surface area contributed by atoms with Crippen LogP contribution in [0, 0.1) is 0 Å². The molecule has 0 radical (unpaired) electrons. The van der Waals surface area contributed by atoms with Gasteiger partial charge in [-0.15, -0.1) is 0 Å². The largest absolute Gasteiger partial charge is 0.462 e. The van der Waals surface area contributed by atoms with E-state index in [4.69, 9.17) is 14.2 Å². The second kappa shape index (κ2) is 9.60. The van der Waals surface area contributed by atoms with Gasteiger partial charge in [-0.2, -0.15) is 0 Å². The maximum atomic E-state index is 11.8. The Kier molecular flexibility index (Phi) is 7.83. The van der Waals surface area contributed by atoms with E-state index in [1.165, 1.54) is 6.92 Å². The summed E-state index contributed by atoms with van der Waals surface area (Å²) in [7, 11) is 0. The Morgan fingerprint density at radius 1 is 1.12 bits per heavy atom. The molecule has 1 aromatic carbocycles. The van der Waals surface area contributed by atoms with Gasteiger partial charge in [0.15, 0.2) is 0 Å². The number of benzene rings is 1. The second-order valence-electron chi connectivity index (χ2n) is 6.64. The number of amides is 1. The number of carbonyl (C=O) groups is 3. The van der Waals surface area contributed by atoms with E-state index in [1.807, 2.05) is 0 Å². The first-order chi connectivity index (χ1) is 12.1. The summed E-state index contributed by atoms with van der Waals surface area (Å²) in [5.74, 6) is -0.993. The molecule has 0 heterocycles. The fourth-order valence-corrected chi connectivity index (χ4v) is 1.81. The van der Waals surface area contributed by atoms with E-state index >= 15 is 0 Å². The van der Waals surface area contributed by atoms with Gasteiger partial charge >= 0.3 is 18.0 Å². The number of ether oxygens (including phenoxy) is 3. The molecule has 1 aromatic rings. The monoisotopic (exact) mass is 363 g/mol. The quantitative estimate of drug-likeness (QED) is 0.346. The zero-order valence-corrected chi connectivity index (χ0v) is 15.6. The highest BCUT2D eigenvalue weighted by molar-refractivity contribution is 5.87. The van der Waals surface area contributed by atoms with Gasteiger partial charge in [-0.3, -0.25) is 10.1 Å². The summed E-state index contributed by atoms with van der Waals surface area (Å²) < 4.78 is 15.0. The van der Waals surface area contributed by atoms with Crippen LogP contribution >= 0.6 is 0 Å². The van der Waals surface area contributed by atoms with Crippen LogP contribution in [0.3, 0.4) is 0 Å². The van der Waals surface area contributed by atoms with Gasteiger partial charge in [-0.05, 0) is 45.4 Å². The van der Waals surface area contributed by atoms with Crippen LogP contribution in [0.25, 0.3) is 0 Å². The first-order valence-electron chi connectivity index (χ1n) is 8.14. The third kappa shape index (κ3) is 8.86. The molecule has 0 saturated carbocycles. The molecular weight excluding hydrogens is 338 g/mol. The Hall–Kier alpha value is -2.83. The van der Waals surface area contributed by atoms with E-state index < -0.39 is 23.6 Å². The molecule has 0 spiro atoms. The van der Waals surface area contributed by atoms with Crippen molar-refractivity contribution in [1.29, 1.82) is 0 Å². The summed E-state index contributed by atoms with van der Waals surface area (Å²) in [5.41, 5.74) is 0.868. The summed E-state index contributed by atoms with van der Waals surface area (Å²) in [6.45, 7) is 10.2. The van der Waals surface area contributed by atoms with E-state index in [1.54, 1.807) is 45.0 Å². The zero-order chi connectivity index (χ0) is 19.7. The molecule has 26 heavy (non-hydrogen) atoms. The summed E-state index contributed by atoms with van der Waals surface area (Å²) in [6, 6.07) is 6.80. The van der Waals surface area contributed by atoms with Crippen LogP contribution < -0.4 is 5.32 Å². The van der Waals surface area contributed by atoms with Crippen LogP contribution in [0.4, 0.5) is 10.5 Å². The molecule has 0 aromatic heterocycles. The van der Waals surface area contributed by atoms with Crippen molar-refractivity contribution in [1.82, 2.24) is 0 Å². The van der Waals surface area contributed by atoms with Crippen molar-refractivity contribution in [2.45, 2.75) is 39.7 Å². The average molecular weight is 363 g/mol. The normalized spacial score (nSPS) is 10.6. The summed E-state index contributed by atoms with van der Waals surface area (Å²) in [4.78, 5) is 34.8. The van der Waals surface area contributed by atoms with E-state index in [0.29, 0.717) is 11.3 Å². The lowest BCUT2D eigenvalue weighted by molar-refractivity contribution is -0.149. The Morgan fingerprint density at radius 3 is 2.38 bits per heavy atom. The molecule has 1 N–H and O–H groups in total. The molecule has 7 nitrogen and oxygen atoms in total. The lowest BCUT2D eigenvalue weighted by Gasteiger charge is -2.19. The van der Waals surface area contributed by atoms with Crippen LogP contribution in [-0.2, 0) is 30.2 Å². The molecule has 0 unspecified atom stereocenters. The first kappa shape index (κ1) is 21.2. The Morgan fingerprint density at radius 2 is 1.77 bits per heavy atom. The molecule has 142 valence electrons. The standard InChI is InChI=1S/C19H25NO6/c1-13(2)17(22)25-10-9-24-16(21)12-14-7-6-8-15(11-14)20-18(23)26-19(3,4)5/h6-8,11H,1,9-10,12H2,2-5H3,(H,20,23). The first-order valence-corrected chi connectivity index (χ1v) is 8.14. The Balaban J connectivity index is 2.45. The topological polar surface area (TPSA) is 90.9 Å². The third-order valence-electron chi connectivity index (χ3n) is 2.85. The Bertz CT molecular complexity index is 675. The van der Waals surface area contributed by atoms with Gasteiger partial charge in [0, 0.05) is 11.3 Å². The Labute approximate surface area is 153 Å². The van der Waals surface area contributed by atoms with Crippen molar-refractivity contribution >= 4 is 23.7 Å². The predicted molar refractivity (Wildman–Crippen MR) is 96.7 cm³/mol. The van der Waals surface area contributed by atoms with Crippen molar-refractivity contribution in [2.75, 3.05) is 18.5 Å². The van der Waals surface area contributed by atoms with Crippen molar-refractivity contribution < 1.29 is 28.6 Å². The fraction of sp³-hybridized carbons (Fsp3) is 0.421. The van der Waals surface area contributed by atoms with Gasteiger partial charge in [-0.25, -0.2) is 9.59 Å². The van der Waals surface area contributed by atoms with Gasteiger partial charge in [0.05, 0.1) is 6.42 Å². The molecule has 0 aliphatic carbocycles. The molecule has 7 heteroatoms. The summed E-state index contributed by atoms with van der Waals surface area (Å²) in [6.07, 6.45) is -0.547. The highest BCUT2D eigenvalue weighted by Gasteiger charge is 2.16. The van der Waals surface area contributed by atoms with E-state index in [9.17, 15) is 14.4 Å².